The van der Waals surface area contributed by atoms with Crippen molar-refractivity contribution in [3.05, 3.63) is 45.8 Å². The SMILES string of the molecule is Cc1cc(CS(=O)(=O)Nc2ccc(C(=O)O)cc2Br)no1. The number of hydrogen-bond donors (Lipinski definition) is 2. The molecular weight excluding hydrogens is 364 g/mol. The number of carboxylic acid groups (broad SMARTS) is 1. The van der Waals surface area contributed by atoms with Gasteiger partial charge in [0.25, 0.3) is 0 Å². The third-order valence-corrected chi connectivity index (χ3v) is 4.36. The van der Waals surface area contributed by atoms with Crippen molar-refractivity contribution in [2.75, 3.05) is 4.72 Å². The summed E-state index contributed by atoms with van der Waals surface area (Å²) in [6, 6.07) is 5.53. The molecule has 0 aliphatic carbocycles. The first-order valence-corrected chi connectivity index (χ1v) is 8.17. The minimum absolute atomic E-state index is 0.0527. The van der Waals surface area contributed by atoms with Crippen LogP contribution in [0.2, 0.25) is 0 Å². The standard InChI is InChI=1S/C12H11BrN2O5S/c1-7-4-9(14-20-7)6-21(18,19)15-11-3-2-8(12(16)17)5-10(11)13/h2-5,15H,6H2,1H3,(H,16,17). The summed E-state index contributed by atoms with van der Waals surface area (Å²) in [7, 11) is -3.68. The van der Waals surface area contributed by atoms with Crippen LogP contribution >= 0.6 is 15.9 Å². The Morgan fingerprint density at radius 1 is 1.43 bits per heavy atom. The molecule has 21 heavy (non-hydrogen) atoms. The fraction of sp³-hybridized carbons (Fsp3) is 0.167. The highest BCUT2D eigenvalue weighted by atomic mass is 79.9. The van der Waals surface area contributed by atoms with E-state index in [0.717, 1.165) is 0 Å². The quantitative estimate of drug-likeness (QED) is 0.831. The van der Waals surface area contributed by atoms with Crippen LogP contribution < -0.4 is 4.72 Å². The minimum atomic E-state index is -3.68. The molecule has 0 bridgehead atoms. The Hall–Kier alpha value is -1.87. The molecule has 0 unspecified atom stereocenters. The van der Waals surface area contributed by atoms with Crippen molar-refractivity contribution in [3.63, 3.8) is 0 Å². The fourth-order valence-corrected chi connectivity index (χ4v) is 3.33. The van der Waals surface area contributed by atoms with Crippen molar-refractivity contribution >= 4 is 37.6 Å². The summed E-state index contributed by atoms with van der Waals surface area (Å²) in [6.45, 7) is 1.66. The number of aryl methyl sites for hydroxylation is 1. The van der Waals surface area contributed by atoms with Crippen LogP contribution in [-0.2, 0) is 15.8 Å². The maximum atomic E-state index is 12.0. The van der Waals surface area contributed by atoms with Gasteiger partial charge >= 0.3 is 5.97 Å². The van der Waals surface area contributed by atoms with Crippen LogP contribution in [0.5, 0.6) is 0 Å². The first kappa shape index (κ1) is 15.5. The Morgan fingerprint density at radius 2 is 2.14 bits per heavy atom. The maximum Gasteiger partial charge on any atom is 0.335 e. The molecule has 1 aromatic heterocycles. The molecule has 1 heterocycles. The normalized spacial score (nSPS) is 11.3. The molecule has 0 radical (unpaired) electrons. The highest BCUT2D eigenvalue weighted by molar-refractivity contribution is 9.10. The monoisotopic (exact) mass is 374 g/mol. The molecule has 1 aromatic carbocycles. The number of hydrogen-bond acceptors (Lipinski definition) is 5. The Kier molecular flexibility index (Phi) is 4.33. The summed E-state index contributed by atoms with van der Waals surface area (Å²) in [5.74, 6) is -0.910. The van der Waals surface area contributed by atoms with Gasteiger partial charge < -0.3 is 9.63 Å². The smallest absolute Gasteiger partial charge is 0.335 e. The highest BCUT2D eigenvalue weighted by Crippen LogP contribution is 2.25. The molecule has 0 aliphatic rings. The Morgan fingerprint density at radius 3 is 2.67 bits per heavy atom. The van der Waals surface area contributed by atoms with E-state index in [4.69, 9.17) is 9.63 Å². The van der Waals surface area contributed by atoms with Crippen LogP contribution in [-0.4, -0.2) is 24.7 Å². The van der Waals surface area contributed by atoms with Gasteiger partial charge in [0.15, 0.2) is 0 Å². The molecule has 2 N–H and O–H groups in total. The summed E-state index contributed by atoms with van der Waals surface area (Å²) in [4.78, 5) is 10.8. The van der Waals surface area contributed by atoms with E-state index in [1.807, 2.05) is 0 Å². The Balaban J connectivity index is 2.18. The topological polar surface area (TPSA) is 110 Å². The molecule has 2 rings (SSSR count). The van der Waals surface area contributed by atoms with Gasteiger partial charge in [-0.1, -0.05) is 5.16 Å². The average Bonchev–Trinajstić information content (AvgIpc) is 2.76. The zero-order chi connectivity index (χ0) is 15.6. The van der Waals surface area contributed by atoms with Crippen LogP contribution in [0.15, 0.2) is 33.3 Å². The van der Waals surface area contributed by atoms with Crippen LogP contribution in [0.4, 0.5) is 5.69 Å². The molecule has 9 heteroatoms. The van der Waals surface area contributed by atoms with Gasteiger partial charge in [0.1, 0.15) is 17.2 Å². The van der Waals surface area contributed by atoms with Gasteiger partial charge in [0, 0.05) is 10.5 Å². The Labute approximate surface area is 129 Å². The molecule has 0 saturated heterocycles. The highest BCUT2D eigenvalue weighted by Gasteiger charge is 2.17. The van der Waals surface area contributed by atoms with Crippen molar-refractivity contribution in [1.29, 1.82) is 0 Å². The number of nitrogens with zero attached hydrogens (tertiary/aromatic N) is 1. The molecule has 0 fully saturated rings. The molecule has 7 nitrogen and oxygen atoms in total. The van der Waals surface area contributed by atoms with Gasteiger partial charge in [0.05, 0.1) is 11.3 Å². The van der Waals surface area contributed by atoms with Gasteiger partial charge in [-0.05, 0) is 41.1 Å². The first-order chi connectivity index (χ1) is 9.77. The number of nitrogens with one attached hydrogen (secondary N) is 1. The molecular formula is C12H11BrN2O5S. The minimum Gasteiger partial charge on any atom is -0.478 e. The first-order valence-electron chi connectivity index (χ1n) is 5.72. The van der Waals surface area contributed by atoms with Crippen LogP contribution in [0.1, 0.15) is 21.8 Å². The van der Waals surface area contributed by atoms with Crippen molar-refractivity contribution < 1.29 is 22.8 Å². The summed E-state index contributed by atoms with van der Waals surface area (Å²) in [5.41, 5.74) is 0.593. The number of rotatable bonds is 5. The van der Waals surface area contributed by atoms with E-state index in [-0.39, 0.29) is 17.0 Å². The summed E-state index contributed by atoms with van der Waals surface area (Å²) < 4.78 is 31.5. The molecule has 112 valence electrons. The maximum absolute atomic E-state index is 12.0. The summed E-state index contributed by atoms with van der Waals surface area (Å²) in [5, 5.41) is 12.5. The van der Waals surface area contributed by atoms with E-state index < -0.39 is 16.0 Å². The average molecular weight is 375 g/mol. The number of aromatic carboxylic acids is 1. The van der Waals surface area contributed by atoms with Gasteiger partial charge in [0.2, 0.25) is 10.0 Å². The zero-order valence-corrected chi connectivity index (χ0v) is 13.2. The number of halogens is 1. The van der Waals surface area contributed by atoms with Crippen molar-refractivity contribution in [2.45, 2.75) is 12.7 Å². The zero-order valence-electron chi connectivity index (χ0n) is 10.8. The van der Waals surface area contributed by atoms with Crippen molar-refractivity contribution in [1.82, 2.24) is 5.16 Å². The number of anilines is 1. The lowest BCUT2D eigenvalue weighted by atomic mass is 10.2. The van der Waals surface area contributed by atoms with E-state index >= 15 is 0 Å². The lowest BCUT2D eigenvalue weighted by Gasteiger charge is -2.09. The second kappa shape index (κ2) is 5.86. The van der Waals surface area contributed by atoms with Crippen LogP contribution in [0.3, 0.4) is 0 Å². The second-order valence-corrected chi connectivity index (χ2v) is 6.87. The van der Waals surface area contributed by atoms with Gasteiger partial charge in [-0.25, -0.2) is 13.2 Å². The molecule has 0 amide bonds. The fourth-order valence-electron chi connectivity index (χ4n) is 1.62. The van der Waals surface area contributed by atoms with E-state index in [1.165, 1.54) is 24.3 Å². The van der Waals surface area contributed by atoms with Gasteiger partial charge in [-0.2, -0.15) is 0 Å². The summed E-state index contributed by atoms with van der Waals surface area (Å²) >= 11 is 3.13. The van der Waals surface area contributed by atoms with Crippen molar-refractivity contribution in [3.8, 4) is 0 Å². The third-order valence-electron chi connectivity index (χ3n) is 2.50. The lowest BCUT2D eigenvalue weighted by Crippen LogP contribution is -2.15. The van der Waals surface area contributed by atoms with E-state index in [9.17, 15) is 13.2 Å². The molecule has 2 aromatic rings. The molecule has 0 spiro atoms. The number of aromatic nitrogens is 1. The largest absolute Gasteiger partial charge is 0.478 e. The number of carboxylic acids is 1. The van der Waals surface area contributed by atoms with Crippen molar-refractivity contribution in [2.24, 2.45) is 0 Å². The predicted molar refractivity (Wildman–Crippen MR) is 78.6 cm³/mol. The van der Waals surface area contributed by atoms with E-state index in [2.05, 4.69) is 25.8 Å². The molecule has 0 saturated carbocycles. The van der Waals surface area contributed by atoms with Gasteiger partial charge in [-0.3, -0.25) is 4.72 Å². The number of sulfonamides is 1. The second-order valence-electron chi connectivity index (χ2n) is 4.29. The van der Waals surface area contributed by atoms with E-state index in [1.54, 1.807) is 6.92 Å². The lowest BCUT2D eigenvalue weighted by molar-refractivity contribution is 0.0697. The molecule has 0 atom stereocenters. The predicted octanol–water partition coefficient (Wildman–Crippen LogP) is 2.39. The summed E-state index contributed by atoms with van der Waals surface area (Å²) in [6.07, 6.45) is 0. The van der Waals surface area contributed by atoms with Crippen LogP contribution in [0.25, 0.3) is 0 Å². The number of carbonyl (C=O) groups is 1. The van der Waals surface area contributed by atoms with Crippen LogP contribution in [0, 0.1) is 6.92 Å². The van der Waals surface area contributed by atoms with E-state index in [0.29, 0.717) is 15.9 Å². The third kappa shape index (κ3) is 4.05. The Bertz CT molecular complexity index is 785. The number of benzene rings is 1. The van der Waals surface area contributed by atoms with Gasteiger partial charge in [-0.15, -0.1) is 0 Å². The molecule has 0 aliphatic heterocycles.